The summed E-state index contributed by atoms with van der Waals surface area (Å²) in [5.74, 6) is -0.392. The van der Waals surface area contributed by atoms with Gasteiger partial charge in [-0.1, -0.05) is 12.1 Å². The fraction of sp³-hybridized carbons (Fsp3) is 0.250. The van der Waals surface area contributed by atoms with Crippen LogP contribution in [0, 0.1) is 6.92 Å². The molecule has 1 amide bonds. The smallest absolute Gasteiger partial charge is 0.248 e. The predicted molar refractivity (Wildman–Crippen MR) is 79.2 cm³/mol. The van der Waals surface area contributed by atoms with Gasteiger partial charge in [0.25, 0.3) is 0 Å². The number of hydrogen-bond donors (Lipinski definition) is 2. The Morgan fingerprint density at radius 2 is 2.20 bits per heavy atom. The molecule has 1 heterocycles. The normalized spacial score (nSPS) is 12.1. The molecule has 0 unspecified atom stereocenters. The summed E-state index contributed by atoms with van der Waals surface area (Å²) in [6.07, 6.45) is 3.63. The van der Waals surface area contributed by atoms with Crippen LogP contribution < -0.4 is 11.1 Å². The predicted octanol–water partition coefficient (Wildman–Crippen LogP) is 2.34. The Morgan fingerprint density at radius 3 is 2.80 bits per heavy atom. The molecule has 104 valence electrons. The van der Waals surface area contributed by atoms with Crippen molar-refractivity contribution in [2.45, 2.75) is 26.4 Å². The van der Waals surface area contributed by atoms with Crippen molar-refractivity contribution in [3.8, 4) is 0 Å². The molecule has 2 rings (SSSR count). The Morgan fingerprint density at radius 1 is 1.40 bits per heavy atom. The first-order chi connectivity index (χ1) is 9.58. The van der Waals surface area contributed by atoms with E-state index in [1.54, 1.807) is 12.3 Å². The van der Waals surface area contributed by atoms with E-state index in [2.05, 4.69) is 17.2 Å². The maximum Gasteiger partial charge on any atom is 0.248 e. The number of hydrogen-bond acceptors (Lipinski definition) is 3. The molecule has 4 nitrogen and oxygen atoms in total. The number of nitrogens with two attached hydrogens (primary N) is 1. The zero-order valence-corrected chi connectivity index (χ0v) is 11.8. The molecule has 3 N–H and O–H groups in total. The van der Waals surface area contributed by atoms with E-state index in [1.165, 1.54) is 0 Å². The number of benzene rings is 1. The number of nitrogens with one attached hydrogen (secondary N) is 1. The van der Waals surface area contributed by atoms with Gasteiger partial charge < -0.3 is 11.1 Å². The highest BCUT2D eigenvalue weighted by Crippen LogP contribution is 2.14. The van der Waals surface area contributed by atoms with Gasteiger partial charge in [0.1, 0.15) is 0 Å². The van der Waals surface area contributed by atoms with Crippen molar-refractivity contribution >= 4 is 5.91 Å². The maximum atomic E-state index is 11.1. The number of rotatable bonds is 5. The fourth-order valence-electron chi connectivity index (χ4n) is 2.06. The molecular formula is C16H19N3O. The number of nitrogens with zero attached hydrogens (tertiary/aromatic N) is 1. The largest absolute Gasteiger partial charge is 0.366 e. The lowest BCUT2D eigenvalue weighted by Gasteiger charge is -2.15. The zero-order chi connectivity index (χ0) is 14.5. The summed E-state index contributed by atoms with van der Waals surface area (Å²) in [5, 5.41) is 3.45. The van der Waals surface area contributed by atoms with E-state index in [0.29, 0.717) is 5.56 Å². The van der Waals surface area contributed by atoms with E-state index in [4.69, 9.17) is 5.73 Å². The lowest BCUT2D eigenvalue weighted by Crippen LogP contribution is -2.19. The Bertz CT molecular complexity index is 596. The van der Waals surface area contributed by atoms with Crippen LogP contribution in [0.1, 0.15) is 40.0 Å². The summed E-state index contributed by atoms with van der Waals surface area (Å²) in [6, 6.07) is 9.74. The maximum absolute atomic E-state index is 11.1. The van der Waals surface area contributed by atoms with Gasteiger partial charge in [0, 0.05) is 30.5 Å². The molecule has 0 saturated carbocycles. The number of primary amides is 1. The highest BCUT2D eigenvalue weighted by Gasteiger charge is 2.07. The van der Waals surface area contributed by atoms with Gasteiger partial charge in [0.2, 0.25) is 5.91 Å². The average Bonchev–Trinajstić information content (AvgIpc) is 2.46. The van der Waals surface area contributed by atoms with Crippen LogP contribution in [-0.4, -0.2) is 10.9 Å². The van der Waals surface area contributed by atoms with Crippen molar-refractivity contribution in [2.75, 3.05) is 0 Å². The standard InChI is InChI=1S/C16H19N3O/c1-11-8-13(16(17)20)5-6-14(11)10-19-12(2)15-4-3-7-18-9-15/h3-9,12,19H,10H2,1-2H3,(H2,17,20)/t12-/m0/s1. The number of aromatic nitrogens is 1. The van der Waals surface area contributed by atoms with Crippen molar-refractivity contribution in [3.05, 3.63) is 65.0 Å². The minimum atomic E-state index is -0.392. The lowest BCUT2D eigenvalue weighted by atomic mass is 10.0. The highest BCUT2D eigenvalue weighted by molar-refractivity contribution is 5.93. The molecule has 0 saturated heterocycles. The molecule has 1 aromatic heterocycles. The molecular weight excluding hydrogens is 250 g/mol. The van der Waals surface area contributed by atoms with E-state index in [1.807, 2.05) is 37.4 Å². The topological polar surface area (TPSA) is 68.0 Å². The van der Waals surface area contributed by atoms with Crippen LogP contribution in [0.2, 0.25) is 0 Å². The van der Waals surface area contributed by atoms with Crippen LogP contribution in [0.15, 0.2) is 42.7 Å². The molecule has 1 aromatic carbocycles. The number of aryl methyl sites for hydroxylation is 1. The van der Waals surface area contributed by atoms with Gasteiger partial charge in [-0.05, 0) is 48.7 Å². The Kier molecular flexibility index (Phi) is 4.48. The van der Waals surface area contributed by atoms with E-state index in [9.17, 15) is 4.79 Å². The first kappa shape index (κ1) is 14.2. The first-order valence-corrected chi connectivity index (χ1v) is 6.60. The second kappa shape index (κ2) is 6.30. The van der Waals surface area contributed by atoms with Crippen molar-refractivity contribution in [3.63, 3.8) is 0 Å². The van der Waals surface area contributed by atoms with Crippen LogP contribution in [0.3, 0.4) is 0 Å². The molecule has 0 aliphatic carbocycles. The minimum absolute atomic E-state index is 0.221. The Balaban J connectivity index is 2.02. The van der Waals surface area contributed by atoms with Crippen LogP contribution in [0.5, 0.6) is 0 Å². The van der Waals surface area contributed by atoms with Gasteiger partial charge in [-0.25, -0.2) is 0 Å². The second-order valence-corrected chi connectivity index (χ2v) is 4.89. The third kappa shape index (κ3) is 3.42. The van der Waals surface area contributed by atoms with Crippen molar-refractivity contribution in [2.24, 2.45) is 5.73 Å². The third-order valence-electron chi connectivity index (χ3n) is 3.41. The van der Waals surface area contributed by atoms with Gasteiger partial charge in [0.05, 0.1) is 0 Å². The molecule has 20 heavy (non-hydrogen) atoms. The summed E-state index contributed by atoms with van der Waals surface area (Å²) in [7, 11) is 0. The summed E-state index contributed by atoms with van der Waals surface area (Å²) < 4.78 is 0. The van der Waals surface area contributed by atoms with Crippen LogP contribution >= 0.6 is 0 Å². The summed E-state index contributed by atoms with van der Waals surface area (Å²) in [6.45, 7) is 4.82. The average molecular weight is 269 g/mol. The molecule has 0 aliphatic rings. The van der Waals surface area contributed by atoms with Crippen LogP contribution in [-0.2, 0) is 6.54 Å². The van der Waals surface area contributed by atoms with Gasteiger partial charge in [-0.15, -0.1) is 0 Å². The van der Waals surface area contributed by atoms with Gasteiger partial charge in [-0.2, -0.15) is 0 Å². The molecule has 0 spiro atoms. The quantitative estimate of drug-likeness (QED) is 0.875. The van der Waals surface area contributed by atoms with E-state index >= 15 is 0 Å². The van der Waals surface area contributed by atoms with Gasteiger partial charge >= 0.3 is 0 Å². The van der Waals surface area contributed by atoms with Crippen LogP contribution in [0.25, 0.3) is 0 Å². The number of pyridine rings is 1. The third-order valence-corrected chi connectivity index (χ3v) is 3.41. The van der Waals surface area contributed by atoms with Gasteiger partial charge in [-0.3, -0.25) is 9.78 Å². The molecule has 0 fully saturated rings. The van der Waals surface area contributed by atoms with Crippen molar-refractivity contribution in [1.82, 2.24) is 10.3 Å². The summed E-state index contributed by atoms with van der Waals surface area (Å²) in [4.78, 5) is 15.2. The second-order valence-electron chi connectivity index (χ2n) is 4.89. The number of carbonyl (C=O) groups is 1. The first-order valence-electron chi connectivity index (χ1n) is 6.60. The number of amides is 1. The molecule has 0 aliphatic heterocycles. The van der Waals surface area contributed by atoms with E-state index in [0.717, 1.165) is 23.2 Å². The molecule has 0 bridgehead atoms. The molecule has 4 heteroatoms. The van der Waals surface area contributed by atoms with E-state index < -0.39 is 5.91 Å². The van der Waals surface area contributed by atoms with Gasteiger partial charge in [0.15, 0.2) is 0 Å². The van der Waals surface area contributed by atoms with E-state index in [-0.39, 0.29) is 6.04 Å². The minimum Gasteiger partial charge on any atom is -0.366 e. The fourth-order valence-corrected chi connectivity index (χ4v) is 2.06. The molecule has 0 radical (unpaired) electrons. The summed E-state index contributed by atoms with van der Waals surface area (Å²) >= 11 is 0. The SMILES string of the molecule is Cc1cc(C(N)=O)ccc1CN[C@@H](C)c1cccnc1. The Hall–Kier alpha value is -2.20. The zero-order valence-electron chi connectivity index (χ0n) is 11.8. The Labute approximate surface area is 119 Å². The summed E-state index contributed by atoms with van der Waals surface area (Å²) in [5.41, 5.74) is 9.19. The lowest BCUT2D eigenvalue weighted by molar-refractivity contribution is 0.1000. The van der Waals surface area contributed by atoms with Crippen LogP contribution in [0.4, 0.5) is 0 Å². The monoisotopic (exact) mass is 269 g/mol. The molecule has 1 atom stereocenters. The highest BCUT2D eigenvalue weighted by atomic mass is 16.1. The van der Waals surface area contributed by atoms with Crippen molar-refractivity contribution in [1.29, 1.82) is 0 Å². The van der Waals surface area contributed by atoms with Crippen molar-refractivity contribution < 1.29 is 4.79 Å². The molecule has 2 aromatic rings. The number of carbonyl (C=O) groups excluding carboxylic acids is 1.